The van der Waals surface area contributed by atoms with Gasteiger partial charge >= 0.3 is 0 Å². The maximum Gasteiger partial charge on any atom is 0.252 e. The van der Waals surface area contributed by atoms with Gasteiger partial charge in [-0.3, -0.25) is 9.59 Å². The predicted molar refractivity (Wildman–Crippen MR) is 123 cm³/mol. The molecule has 3 aromatic carbocycles. The Bertz CT molecular complexity index is 1270. The van der Waals surface area contributed by atoms with Crippen LogP contribution in [0.2, 0.25) is 0 Å². The second-order valence-corrected chi connectivity index (χ2v) is 7.97. The van der Waals surface area contributed by atoms with E-state index >= 15 is 0 Å². The number of aryl methyl sites for hydroxylation is 2. The number of carbonyl (C=O) groups is 2. The van der Waals surface area contributed by atoms with Crippen molar-refractivity contribution in [2.24, 2.45) is 0 Å². The molecule has 0 aliphatic carbocycles. The van der Waals surface area contributed by atoms with E-state index in [1.54, 1.807) is 36.4 Å². The van der Waals surface area contributed by atoms with Crippen LogP contribution in [0.1, 0.15) is 39.2 Å². The monoisotopic (exact) mass is 427 g/mol. The molecule has 0 atom stereocenters. The molecule has 1 N–H and O–H groups in total. The Balaban J connectivity index is 1.56. The second-order valence-electron chi connectivity index (χ2n) is 7.97. The standard InChI is InChI=1S/C26H25N3O3/c1-18-7-11-20(12-8-18)17-27-24(30)15-16-28-25(22-5-3-4-6-23(22)29(28)32)26(31)21-13-9-19(2)10-14-21/h3-14H,15-17H2,1-2H3,(H,27,30). The van der Waals surface area contributed by atoms with Gasteiger partial charge in [-0.1, -0.05) is 76.6 Å². The molecule has 0 aliphatic rings. The third kappa shape index (κ3) is 4.39. The highest BCUT2D eigenvalue weighted by Gasteiger charge is 2.27. The molecule has 162 valence electrons. The van der Waals surface area contributed by atoms with Crippen LogP contribution in [0.3, 0.4) is 0 Å². The van der Waals surface area contributed by atoms with E-state index in [0.717, 1.165) is 16.7 Å². The number of nitrogens with one attached hydrogen (secondary N) is 1. The van der Waals surface area contributed by atoms with E-state index in [1.165, 1.54) is 4.68 Å². The van der Waals surface area contributed by atoms with Crippen LogP contribution in [0.25, 0.3) is 10.9 Å². The summed E-state index contributed by atoms with van der Waals surface area (Å²) in [5.41, 5.74) is 4.42. The summed E-state index contributed by atoms with van der Waals surface area (Å²) < 4.78 is 1.36. The van der Waals surface area contributed by atoms with Crippen LogP contribution in [-0.4, -0.2) is 16.4 Å². The summed E-state index contributed by atoms with van der Waals surface area (Å²) >= 11 is 0. The Hall–Kier alpha value is -3.93. The number of amides is 1. The number of aromatic nitrogens is 2. The van der Waals surface area contributed by atoms with Gasteiger partial charge in [0.15, 0.2) is 5.69 Å². The highest BCUT2D eigenvalue weighted by atomic mass is 16.5. The topological polar surface area (TPSA) is 78.0 Å². The van der Waals surface area contributed by atoms with Crippen LogP contribution in [0.15, 0.2) is 72.8 Å². The number of carbonyl (C=O) groups excluding carboxylic acids is 2. The van der Waals surface area contributed by atoms with E-state index in [4.69, 9.17) is 0 Å². The Labute approximate surface area is 186 Å². The van der Waals surface area contributed by atoms with Gasteiger partial charge in [-0.05, 0) is 25.5 Å². The Morgan fingerprint density at radius 2 is 1.53 bits per heavy atom. The number of hydrogen-bond donors (Lipinski definition) is 1. The van der Waals surface area contributed by atoms with Gasteiger partial charge in [0.05, 0.1) is 18.4 Å². The molecule has 0 saturated heterocycles. The lowest BCUT2D eigenvalue weighted by molar-refractivity contribution is -0.670. The van der Waals surface area contributed by atoms with Crippen molar-refractivity contribution in [2.45, 2.75) is 33.4 Å². The Morgan fingerprint density at radius 3 is 2.22 bits per heavy atom. The lowest BCUT2D eigenvalue weighted by Gasteiger charge is -2.09. The van der Waals surface area contributed by atoms with Crippen LogP contribution >= 0.6 is 0 Å². The van der Waals surface area contributed by atoms with E-state index in [2.05, 4.69) is 5.32 Å². The zero-order valence-corrected chi connectivity index (χ0v) is 18.2. The van der Waals surface area contributed by atoms with Crippen molar-refractivity contribution in [1.82, 2.24) is 10.00 Å². The maximum absolute atomic E-state index is 13.3. The SMILES string of the molecule is Cc1ccc(CNC(=O)CCn2c(C(=O)c3ccc(C)cc3)c3ccccc3[n+]2[O-])cc1. The largest absolute Gasteiger partial charge is 0.595 e. The molecule has 1 amide bonds. The van der Waals surface area contributed by atoms with Gasteiger partial charge in [0.25, 0.3) is 5.52 Å². The molecule has 0 saturated carbocycles. The predicted octanol–water partition coefficient (Wildman–Crippen LogP) is 3.83. The maximum atomic E-state index is 13.3. The molecule has 6 nitrogen and oxygen atoms in total. The fraction of sp³-hybridized carbons (Fsp3) is 0.192. The average Bonchev–Trinajstić information content (AvgIpc) is 3.09. The molecule has 0 bridgehead atoms. The van der Waals surface area contributed by atoms with Crippen LogP contribution < -0.4 is 10.2 Å². The van der Waals surface area contributed by atoms with Gasteiger partial charge in [-0.15, -0.1) is 4.68 Å². The van der Waals surface area contributed by atoms with Gasteiger partial charge in [-0.25, -0.2) is 0 Å². The molecule has 0 spiro atoms. The van der Waals surface area contributed by atoms with E-state index in [0.29, 0.717) is 33.6 Å². The number of hydrogen-bond acceptors (Lipinski definition) is 3. The normalized spacial score (nSPS) is 10.9. The summed E-state index contributed by atoms with van der Waals surface area (Å²) in [6.07, 6.45) is 0.0866. The average molecular weight is 428 g/mol. The molecule has 4 rings (SSSR count). The number of nitrogens with zero attached hydrogens (tertiary/aromatic N) is 2. The lowest BCUT2D eigenvalue weighted by atomic mass is 10.0. The molecule has 0 fully saturated rings. The number of fused-ring (bicyclic) bond motifs is 1. The number of benzene rings is 3. The second kappa shape index (κ2) is 9.06. The van der Waals surface area contributed by atoms with Gasteiger partial charge < -0.3 is 10.5 Å². The molecule has 0 aliphatic heterocycles. The fourth-order valence-corrected chi connectivity index (χ4v) is 3.69. The third-order valence-electron chi connectivity index (χ3n) is 5.53. The van der Waals surface area contributed by atoms with Gasteiger partial charge in [0.2, 0.25) is 11.7 Å². The summed E-state index contributed by atoms with van der Waals surface area (Å²) in [5, 5.41) is 16.4. The van der Waals surface area contributed by atoms with Crippen molar-refractivity contribution in [1.29, 1.82) is 0 Å². The molecule has 0 unspecified atom stereocenters. The summed E-state index contributed by atoms with van der Waals surface area (Å²) in [6.45, 7) is 4.48. The van der Waals surface area contributed by atoms with Crippen LogP contribution in [0, 0.1) is 19.1 Å². The minimum atomic E-state index is -0.240. The summed E-state index contributed by atoms with van der Waals surface area (Å²) in [4.78, 5) is 26.5. The first-order valence-electron chi connectivity index (χ1n) is 10.6. The number of para-hydroxylation sites is 1. The van der Waals surface area contributed by atoms with E-state index in [-0.39, 0.29) is 24.7 Å². The lowest BCUT2D eigenvalue weighted by Crippen LogP contribution is -2.40. The van der Waals surface area contributed by atoms with Crippen LogP contribution in [0.5, 0.6) is 0 Å². The van der Waals surface area contributed by atoms with Crippen molar-refractivity contribution in [2.75, 3.05) is 0 Å². The van der Waals surface area contributed by atoms with Gasteiger partial charge in [-0.2, -0.15) is 0 Å². The van der Waals surface area contributed by atoms with E-state index < -0.39 is 0 Å². The van der Waals surface area contributed by atoms with Crippen LogP contribution in [0.4, 0.5) is 0 Å². The molecule has 32 heavy (non-hydrogen) atoms. The highest BCUT2D eigenvalue weighted by molar-refractivity contribution is 6.14. The molecule has 1 heterocycles. The number of ketones is 1. The van der Waals surface area contributed by atoms with Crippen molar-refractivity contribution in [3.05, 3.63) is 106 Å². The first-order valence-corrected chi connectivity index (χ1v) is 10.6. The summed E-state index contributed by atoms with van der Waals surface area (Å²) in [5.74, 6) is -0.423. The molecular formula is C26H25N3O3. The first-order chi connectivity index (χ1) is 15.4. The van der Waals surface area contributed by atoms with Crippen molar-refractivity contribution >= 4 is 22.6 Å². The third-order valence-corrected chi connectivity index (χ3v) is 5.53. The minimum Gasteiger partial charge on any atom is -0.595 e. The minimum absolute atomic E-state index is 0.0866. The number of rotatable bonds is 7. The van der Waals surface area contributed by atoms with E-state index in [9.17, 15) is 14.8 Å². The molecule has 1 aromatic heterocycles. The Kier molecular flexibility index (Phi) is 6.03. The zero-order valence-electron chi connectivity index (χ0n) is 18.2. The molecule has 4 aromatic rings. The smallest absolute Gasteiger partial charge is 0.252 e. The van der Waals surface area contributed by atoms with Crippen molar-refractivity contribution in [3.8, 4) is 0 Å². The van der Waals surface area contributed by atoms with Crippen LogP contribution in [-0.2, 0) is 17.9 Å². The quantitative estimate of drug-likeness (QED) is 0.277. The zero-order chi connectivity index (χ0) is 22.7. The first kappa shape index (κ1) is 21.3. The fourth-order valence-electron chi connectivity index (χ4n) is 3.69. The molecular weight excluding hydrogens is 402 g/mol. The summed E-state index contributed by atoms with van der Waals surface area (Å²) in [6, 6.07) is 22.2. The highest BCUT2D eigenvalue weighted by Crippen LogP contribution is 2.21. The van der Waals surface area contributed by atoms with Crippen molar-refractivity contribution < 1.29 is 14.4 Å². The van der Waals surface area contributed by atoms with Crippen molar-refractivity contribution in [3.63, 3.8) is 0 Å². The molecule has 0 radical (unpaired) electrons. The van der Waals surface area contributed by atoms with E-state index in [1.807, 2.05) is 50.2 Å². The van der Waals surface area contributed by atoms with Gasteiger partial charge in [0, 0.05) is 18.2 Å². The van der Waals surface area contributed by atoms with Gasteiger partial charge in [0.1, 0.15) is 0 Å². The summed E-state index contributed by atoms with van der Waals surface area (Å²) in [7, 11) is 0. The molecule has 6 heteroatoms. The Morgan fingerprint density at radius 1 is 0.906 bits per heavy atom.